The molecule has 1 aliphatic heterocycles. The average Bonchev–Trinajstić information content (AvgIpc) is 2.80. The number of aromatic nitrogens is 2. The third-order valence-electron chi connectivity index (χ3n) is 4.08. The largest absolute Gasteiger partial charge is 0.395 e. The van der Waals surface area contributed by atoms with Crippen molar-refractivity contribution in [3.63, 3.8) is 0 Å². The van der Waals surface area contributed by atoms with Crippen LogP contribution in [0.1, 0.15) is 30.9 Å². The van der Waals surface area contributed by atoms with Crippen LogP contribution in [-0.4, -0.2) is 32.7 Å². The number of aryl methyl sites for hydroxylation is 1. The zero-order chi connectivity index (χ0) is 17.3. The van der Waals surface area contributed by atoms with Gasteiger partial charge in [-0.3, -0.25) is 24.0 Å². The second-order valence-electron chi connectivity index (χ2n) is 5.66. The van der Waals surface area contributed by atoms with Gasteiger partial charge in [0.15, 0.2) is 0 Å². The molecule has 1 saturated heterocycles. The molecule has 0 aliphatic carbocycles. The summed E-state index contributed by atoms with van der Waals surface area (Å²) in [6, 6.07) is 4.62. The number of rotatable bonds is 2. The van der Waals surface area contributed by atoms with Crippen molar-refractivity contribution in [2.75, 3.05) is 6.61 Å². The van der Waals surface area contributed by atoms with Gasteiger partial charge in [0, 0.05) is 25.5 Å². The van der Waals surface area contributed by atoms with Crippen molar-refractivity contribution in [3.05, 3.63) is 34.2 Å². The molecule has 1 aliphatic rings. The third-order valence-corrected chi connectivity index (χ3v) is 4.08. The van der Waals surface area contributed by atoms with Crippen LogP contribution in [0.2, 0.25) is 0 Å². The van der Waals surface area contributed by atoms with Gasteiger partial charge in [-0.2, -0.15) is 0 Å². The fourth-order valence-corrected chi connectivity index (χ4v) is 2.89. The number of aliphatic hydroxyl groups excluding tert-OH is 1. The highest BCUT2D eigenvalue weighted by Crippen LogP contribution is 2.23. The van der Waals surface area contributed by atoms with E-state index in [0.717, 1.165) is 5.56 Å². The second-order valence-corrected chi connectivity index (χ2v) is 5.66. The Morgan fingerprint density at radius 3 is 2.79 bits per heavy atom. The van der Waals surface area contributed by atoms with E-state index in [-0.39, 0.29) is 24.6 Å². The summed E-state index contributed by atoms with van der Waals surface area (Å²) in [5, 5.41) is 11.1. The Balaban J connectivity index is 2.09. The SMILES string of the molecule is Cn1c(=O)n(C2CCC(=O)NC2=O)c2ccc(C#CCCO)cc21. The molecule has 0 spiro atoms. The van der Waals surface area contributed by atoms with Crippen LogP contribution in [0.3, 0.4) is 0 Å². The fraction of sp³-hybridized carbons (Fsp3) is 0.353. The average molecular weight is 327 g/mol. The van der Waals surface area contributed by atoms with Crippen LogP contribution in [0.4, 0.5) is 0 Å². The number of piperidine rings is 1. The van der Waals surface area contributed by atoms with E-state index < -0.39 is 11.9 Å². The summed E-state index contributed by atoms with van der Waals surface area (Å²) in [7, 11) is 1.64. The van der Waals surface area contributed by atoms with E-state index >= 15 is 0 Å². The van der Waals surface area contributed by atoms with Gasteiger partial charge in [0.2, 0.25) is 11.8 Å². The first-order chi connectivity index (χ1) is 11.5. The summed E-state index contributed by atoms with van der Waals surface area (Å²) < 4.78 is 2.90. The molecule has 1 fully saturated rings. The van der Waals surface area contributed by atoms with Gasteiger partial charge in [0.05, 0.1) is 17.6 Å². The van der Waals surface area contributed by atoms with Gasteiger partial charge >= 0.3 is 5.69 Å². The van der Waals surface area contributed by atoms with E-state index in [0.29, 0.717) is 23.9 Å². The van der Waals surface area contributed by atoms with Gasteiger partial charge in [-0.25, -0.2) is 4.79 Å². The Bertz CT molecular complexity index is 942. The monoisotopic (exact) mass is 327 g/mol. The zero-order valence-corrected chi connectivity index (χ0v) is 13.2. The number of carbonyl (C=O) groups excluding carboxylic acids is 2. The summed E-state index contributed by atoms with van der Waals surface area (Å²) in [6.07, 6.45) is 0.903. The lowest BCUT2D eigenvalue weighted by molar-refractivity contribution is -0.135. The molecular formula is C17H17N3O4. The molecule has 7 heteroatoms. The van der Waals surface area contributed by atoms with E-state index in [1.165, 1.54) is 9.13 Å². The molecule has 1 aromatic carbocycles. The number of fused-ring (bicyclic) bond motifs is 1. The number of hydrogen-bond donors (Lipinski definition) is 2. The van der Waals surface area contributed by atoms with Gasteiger partial charge in [0.25, 0.3) is 0 Å². The van der Waals surface area contributed by atoms with Gasteiger partial charge in [0.1, 0.15) is 6.04 Å². The van der Waals surface area contributed by atoms with E-state index in [1.807, 2.05) is 0 Å². The molecule has 2 amide bonds. The van der Waals surface area contributed by atoms with Crippen molar-refractivity contribution < 1.29 is 14.7 Å². The number of nitrogens with zero attached hydrogens (tertiary/aromatic N) is 2. The van der Waals surface area contributed by atoms with E-state index in [4.69, 9.17) is 5.11 Å². The summed E-state index contributed by atoms with van der Waals surface area (Å²) in [5.41, 5.74) is 1.72. The summed E-state index contributed by atoms with van der Waals surface area (Å²) in [4.78, 5) is 36.0. The lowest BCUT2D eigenvalue weighted by Gasteiger charge is -2.21. The van der Waals surface area contributed by atoms with Gasteiger partial charge < -0.3 is 5.11 Å². The first-order valence-electron chi connectivity index (χ1n) is 7.67. The molecule has 2 N–H and O–H groups in total. The number of carbonyl (C=O) groups is 2. The van der Waals surface area contributed by atoms with Crippen molar-refractivity contribution in [1.82, 2.24) is 14.5 Å². The van der Waals surface area contributed by atoms with E-state index in [9.17, 15) is 14.4 Å². The Morgan fingerprint density at radius 2 is 2.08 bits per heavy atom. The summed E-state index contributed by atoms with van der Waals surface area (Å²) >= 11 is 0. The molecule has 3 rings (SSSR count). The number of imide groups is 1. The molecule has 2 heterocycles. The molecular weight excluding hydrogens is 310 g/mol. The highest BCUT2D eigenvalue weighted by molar-refractivity contribution is 6.00. The Morgan fingerprint density at radius 1 is 1.29 bits per heavy atom. The van der Waals surface area contributed by atoms with Crippen LogP contribution >= 0.6 is 0 Å². The summed E-state index contributed by atoms with van der Waals surface area (Å²) in [5.74, 6) is 5.00. The smallest absolute Gasteiger partial charge is 0.329 e. The second kappa shape index (κ2) is 6.34. The van der Waals surface area contributed by atoms with Crippen molar-refractivity contribution in [2.24, 2.45) is 7.05 Å². The molecule has 24 heavy (non-hydrogen) atoms. The van der Waals surface area contributed by atoms with Crippen molar-refractivity contribution >= 4 is 22.8 Å². The maximum absolute atomic E-state index is 12.6. The highest BCUT2D eigenvalue weighted by Gasteiger charge is 2.31. The minimum Gasteiger partial charge on any atom is -0.395 e. The first kappa shape index (κ1) is 16.0. The minimum atomic E-state index is -0.690. The maximum atomic E-state index is 12.6. The molecule has 124 valence electrons. The highest BCUT2D eigenvalue weighted by atomic mass is 16.3. The Labute approximate surface area is 137 Å². The van der Waals surface area contributed by atoms with Crippen molar-refractivity contribution in [2.45, 2.75) is 25.3 Å². The standard InChI is InChI=1S/C17H17N3O4/c1-19-14-10-11(4-2-3-9-21)5-6-12(14)20(17(19)24)13-7-8-15(22)18-16(13)23/h5-6,10,13,21H,3,7-9H2,1H3,(H,18,22,23). The van der Waals surface area contributed by atoms with Crippen LogP contribution in [0.5, 0.6) is 0 Å². The molecule has 1 unspecified atom stereocenters. The van der Waals surface area contributed by atoms with Crippen LogP contribution in [0.25, 0.3) is 11.0 Å². The predicted molar refractivity (Wildman–Crippen MR) is 87.2 cm³/mol. The molecule has 0 radical (unpaired) electrons. The first-order valence-corrected chi connectivity index (χ1v) is 7.67. The molecule has 0 saturated carbocycles. The number of hydrogen-bond acceptors (Lipinski definition) is 4. The minimum absolute atomic E-state index is 0.000378. The van der Waals surface area contributed by atoms with E-state index in [1.54, 1.807) is 25.2 Å². The molecule has 1 aromatic heterocycles. The number of amides is 2. The van der Waals surface area contributed by atoms with Gasteiger partial charge in [-0.1, -0.05) is 11.8 Å². The number of aliphatic hydroxyl groups is 1. The molecule has 2 aromatic rings. The van der Waals surface area contributed by atoms with Crippen molar-refractivity contribution in [1.29, 1.82) is 0 Å². The van der Waals surface area contributed by atoms with E-state index in [2.05, 4.69) is 17.2 Å². The number of nitrogens with one attached hydrogen (secondary N) is 1. The number of imidazole rings is 1. The fourth-order valence-electron chi connectivity index (χ4n) is 2.89. The third kappa shape index (κ3) is 2.72. The van der Waals surface area contributed by atoms with Crippen LogP contribution in [0, 0.1) is 11.8 Å². The predicted octanol–water partition coefficient (Wildman–Crippen LogP) is 0.0516. The molecule has 7 nitrogen and oxygen atoms in total. The van der Waals surface area contributed by atoms with Crippen LogP contribution < -0.4 is 11.0 Å². The normalized spacial score (nSPS) is 17.5. The summed E-state index contributed by atoms with van der Waals surface area (Å²) in [6.45, 7) is -0.000378. The van der Waals surface area contributed by atoms with Crippen LogP contribution in [-0.2, 0) is 16.6 Å². The molecule has 1 atom stereocenters. The number of benzene rings is 1. The Kier molecular flexibility index (Phi) is 4.23. The van der Waals surface area contributed by atoms with Gasteiger partial charge in [-0.15, -0.1) is 0 Å². The molecule has 0 bridgehead atoms. The van der Waals surface area contributed by atoms with Crippen molar-refractivity contribution in [3.8, 4) is 11.8 Å². The lowest BCUT2D eigenvalue weighted by Crippen LogP contribution is -2.44. The maximum Gasteiger partial charge on any atom is 0.329 e. The quantitative estimate of drug-likeness (QED) is 0.602. The topological polar surface area (TPSA) is 93.3 Å². The lowest BCUT2D eigenvalue weighted by atomic mass is 10.1. The van der Waals surface area contributed by atoms with Crippen LogP contribution in [0.15, 0.2) is 23.0 Å². The van der Waals surface area contributed by atoms with Gasteiger partial charge in [-0.05, 0) is 24.6 Å². The zero-order valence-electron chi connectivity index (χ0n) is 13.2. The Hall–Kier alpha value is -2.85.